The summed E-state index contributed by atoms with van der Waals surface area (Å²) in [6.45, 7) is 2.09. The fraction of sp³-hybridized carbons (Fsp3) is 0.111. The normalized spacial score (nSPS) is 10.6. The lowest BCUT2D eigenvalue weighted by atomic mass is 10.1. The maximum atomic E-state index is 6.12. The highest BCUT2D eigenvalue weighted by molar-refractivity contribution is 6.30. The molecule has 0 aliphatic heterocycles. The van der Waals surface area contributed by atoms with E-state index in [9.17, 15) is 0 Å². The third-order valence-electron chi connectivity index (χ3n) is 3.51. The summed E-state index contributed by atoms with van der Waals surface area (Å²) in [6.07, 6.45) is 0. The maximum absolute atomic E-state index is 6.12. The second kappa shape index (κ2) is 5.66. The van der Waals surface area contributed by atoms with E-state index in [-0.39, 0.29) is 0 Å². The van der Waals surface area contributed by atoms with Crippen molar-refractivity contribution >= 4 is 11.6 Å². The van der Waals surface area contributed by atoms with Gasteiger partial charge in [-0.15, -0.1) is 0 Å². The van der Waals surface area contributed by atoms with Crippen LogP contribution < -0.4 is 4.74 Å². The summed E-state index contributed by atoms with van der Waals surface area (Å²) in [5.41, 5.74) is 4.45. The van der Waals surface area contributed by atoms with Crippen molar-refractivity contribution in [3.63, 3.8) is 0 Å². The molecule has 0 atom stereocenters. The van der Waals surface area contributed by atoms with Gasteiger partial charge in [0.25, 0.3) is 0 Å². The third kappa shape index (κ3) is 2.67. The number of methoxy groups -OCH3 is 1. The first-order chi connectivity index (χ1) is 10.2. The Kier molecular flexibility index (Phi) is 3.72. The summed E-state index contributed by atoms with van der Waals surface area (Å²) < 4.78 is 7.53. The summed E-state index contributed by atoms with van der Waals surface area (Å²) in [5.74, 6) is 0.845. The van der Waals surface area contributed by atoms with Crippen molar-refractivity contribution in [3.05, 3.63) is 71.4 Å². The lowest BCUT2D eigenvalue weighted by molar-refractivity contribution is 0.414. The summed E-state index contributed by atoms with van der Waals surface area (Å²) >= 11 is 6.12. The Hall–Kier alpha value is -2.19. The number of ether oxygens (including phenoxy) is 1. The second-order valence-electron chi connectivity index (χ2n) is 4.91. The zero-order valence-electron chi connectivity index (χ0n) is 12.0. The molecule has 0 aliphatic carbocycles. The first kappa shape index (κ1) is 13.8. The average molecular weight is 298 g/mol. The van der Waals surface area contributed by atoms with Crippen LogP contribution in [0.25, 0.3) is 16.9 Å². The summed E-state index contributed by atoms with van der Waals surface area (Å²) in [5, 5.41) is 0.739. The van der Waals surface area contributed by atoms with Crippen LogP contribution in [0.1, 0.15) is 5.69 Å². The molecular formula is C18H16ClNO. The molecule has 3 rings (SSSR count). The highest BCUT2D eigenvalue weighted by atomic mass is 35.5. The van der Waals surface area contributed by atoms with Gasteiger partial charge in [0.15, 0.2) is 0 Å². The fourth-order valence-corrected chi connectivity index (χ4v) is 2.69. The van der Waals surface area contributed by atoms with Crippen molar-refractivity contribution in [2.75, 3.05) is 7.11 Å². The average Bonchev–Trinajstić information content (AvgIpc) is 2.89. The Morgan fingerprint density at radius 2 is 1.76 bits per heavy atom. The van der Waals surface area contributed by atoms with E-state index in [1.54, 1.807) is 7.11 Å². The molecule has 0 saturated heterocycles. The van der Waals surface area contributed by atoms with E-state index < -0.39 is 0 Å². The molecule has 1 aromatic heterocycles. The minimum atomic E-state index is 0.739. The van der Waals surface area contributed by atoms with E-state index >= 15 is 0 Å². The minimum Gasteiger partial charge on any atom is -0.497 e. The van der Waals surface area contributed by atoms with Crippen molar-refractivity contribution in [3.8, 4) is 22.7 Å². The summed E-state index contributed by atoms with van der Waals surface area (Å²) in [6, 6.07) is 20.2. The number of rotatable bonds is 3. The van der Waals surface area contributed by atoms with Crippen LogP contribution >= 0.6 is 11.6 Å². The van der Waals surface area contributed by atoms with E-state index in [2.05, 4.69) is 35.8 Å². The van der Waals surface area contributed by atoms with Crippen LogP contribution in [-0.4, -0.2) is 11.7 Å². The quantitative estimate of drug-likeness (QED) is 0.655. The van der Waals surface area contributed by atoms with Gasteiger partial charge < -0.3 is 9.30 Å². The number of aryl methyl sites for hydroxylation is 1. The molecule has 3 aromatic rings. The van der Waals surface area contributed by atoms with Crippen LogP contribution in [0.5, 0.6) is 5.75 Å². The molecule has 0 spiro atoms. The molecule has 2 nitrogen and oxygen atoms in total. The Bertz CT molecular complexity index is 776. The molecule has 0 saturated carbocycles. The van der Waals surface area contributed by atoms with Gasteiger partial charge in [0.1, 0.15) is 5.75 Å². The highest BCUT2D eigenvalue weighted by Crippen LogP contribution is 2.29. The monoisotopic (exact) mass is 297 g/mol. The third-order valence-corrected chi connectivity index (χ3v) is 3.74. The Labute approximate surface area is 129 Å². The van der Waals surface area contributed by atoms with Crippen molar-refractivity contribution in [1.82, 2.24) is 4.57 Å². The van der Waals surface area contributed by atoms with Crippen LogP contribution in [0, 0.1) is 6.92 Å². The van der Waals surface area contributed by atoms with Crippen molar-refractivity contribution < 1.29 is 4.74 Å². The predicted molar refractivity (Wildman–Crippen MR) is 87.5 cm³/mol. The molecule has 0 N–H and O–H groups in total. The number of hydrogen-bond acceptors (Lipinski definition) is 1. The van der Waals surface area contributed by atoms with E-state index in [1.807, 2.05) is 36.4 Å². The second-order valence-corrected chi connectivity index (χ2v) is 5.34. The zero-order chi connectivity index (χ0) is 14.8. The Morgan fingerprint density at radius 1 is 0.952 bits per heavy atom. The predicted octanol–water partition coefficient (Wildman–Crippen LogP) is 5.11. The van der Waals surface area contributed by atoms with Crippen molar-refractivity contribution in [2.24, 2.45) is 0 Å². The molecule has 0 bridgehead atoms. The smallest absolute Gasteiger partial charge is 0.120 e. The lowest BCUT2D eigenvalue weighted by Gasteiger charge is -2.13. The number of aromatic nitrogens is 1. The molecule has 0 radical (unpaired) electrons. The van der Waals surface area contributed by atoms with Crippen LogP contribution in [-0.2, 0) is 0 Å². The van der Waals surface area contributed by atoms with Gasteiger partial charge in [-0.1, -0.05) is 29.8 Å². The molecule has 0 unspecified atom stereocenters. The van der Waals surface area contributed by atoms with E-state index in [0.29, 0.717) is 0 Å². The standard InChI is InChI=1S/C18H16ClNO/c1-13-9-10-18(14-5-3-6-15(19)11-14)20(13)16-7-4-8-17(12-16)21-2/h3-12H,1-2H3. The van der Waals surface area contributed by atoms with Gasteiger partial charge in [0.2, 0.25) is 0 Å². The Morgan fingerprint density at radius 3 is 2.52 bits per heavy atom. The number of halogens is 1. The number of nitrogens with zero attached hydrogens (tertiary/aromatic N) is 1. The van der Waals surface area contributed by atoms with Gasteiger partial charge in [0, 0.05) is 22.5 Å². The minimum absolute atomic E-state index is 0.739. The van der Waals surface area contributed by atoms with Crippen molar-refractivity contribution in [2.45, 2.75) is 6.92 Å². The Balaban J connectivity index is 2.17. The first-order valence-electron chi connectivity index (χ1n) is 6.78. The van der Waals surface area contributed by atoms with Gasteiger partial charge in [-0.25, -0.2) is 0 Å². The van der Waals surface area contributed by atoms with E-state index in [1.165, 1.54) is 5.69 Å². The van der Waals surface area contributed by atoms with E-state index in [0.717, 1.165) is 27.7 Å². The molecule has 0 fully saturated rings. The first-order valence-corrected chi connectivity index (χ1v) is 7.15. The lowest BCUT2D eigenvalue weighted by Crippen LogP contribution is -1.99. The van der Waals surface area contributed by atoms with Crippen LogP contribution in [0.4, 0.5) is 0 Å². The zero-order valence-corrected chi connectivity index (χ0v) is 12.8. The molecule has 0 aliphatic rings. The van der Waals surface area contributed by atoms with Gasteiger partial charge in [-0.2, -0.15) is 0 Å². The van der Waals surface area contributed by atoms with Crippen LogP contribution in [0.2, 0.25) is 5.02 Å². The molecule has 21 heavy (non-hydrogen) atoms. The van der Waals surface area contributed by atoms with Crippen molar-refractivity contribution in [1.29, 1.82) is 0 Å². The molecule has 3 heteroatoms. The molecule has 106 valence electrons. The van der Waals surface area contributed by atoms with Gasteiger partial charge >= 0.3 is 0 Å². The van der Waals surface area contributed by atoms with E-state index in [4.69, 9.17) is 16.3 Å². The highest BCUT2D eigenvalue weighted by Gasteiger charge is 2.10. The number of benzene rings is 2. The summed E-state index contributed by atoms with van der Waals surface area (Å²) in [7, 11) is 1.68. The number of hydrogen-bond donors (Lipinski definition) is 0. The summed E-state index contributed by atoms with van der Waals surface area (Å²) in [4.78, 5) is 0. The molecule has 0 amide bonds. The maximum Gasteiger partial charge on any atom is 0.120 e. The van der Waals surface area contributed by atoms with Crippen LogP contribution in [0.15, 0.2) is 60.7 Å². The topological polar surface area (TPSA) is 14.2 Å². The van der Waals surface area contributed by atoms with Gasteiger partial charge in [0.05, 0.1) is 12.8 Å². The molecular weight excluding hydrogens is 282 g/mol. The SMILES string of the molecule is COc1cccc(-n2c(C)ccc2-c2cccc(Cl)c2)c1. The van der Waals surface area contributed by atoms with Gasteiger partial charge in [-0.3, -0.25) is 0 Å². The largest absolute Gasteiger partial charge is 0.497 e. The van der Waals surface area contributed by atoms with Crippen LogP contribution in [0.3, 0.4) is 0 Å². The molecule has 2 aromatic carbocycles. The fourth-order valence-electron chi connectivity index (χ4n) is 2.50. The van der Waals surface area contributed by atoms with Gasteiger partial charge in [-0.05, 0) is 48.9 Å². The molecule has 1 heterocycles.